The summed E-state index contributed by atoms with van der Waals surface area (Å²) in [5.74, 6) is -0.308. The molecule has 2 rings (SSSR count). The van der Waals surface area contributed by atoms with Crippen molar-refractivity contribution in [2.75, 3.05) is 0 Å². The molecule has 4 nitrogen and oxygen atoms in total. The topological polar surface area (TPSA) is 83.5 Å². The number of benzene rings is 1. The monoisotopic (exact) mass is 277 g/mol. The van der Waals surface area contributed by atoms with Gasteiger partial charge in [-0.15, -0.1) is 0 Å². The molecule has 4 heteroatoms. The molecule has 0 radical (unpaired) electrons. The molecule has 0 spiro atoms. The zero-order chi connectivity index (χ0) is 14.8. The summed E-state index contributed by atoms with van der Waals surface area (Å²) in [5, 5.41) is 19.1. The van der Waals surface area contributed by atoms with Gasteiger partial charge in [0.1, 0.15) is 11.3 Å². The zero-order valence-electron chi connectivity index (χ0n) is 11.9. The number of aromatic hydroxyl groups is 1. The van der Waals surface area contributed by atoms with E-state index in [0.717, 1.165) is 24.0 Å². The fourth-order valence-corrected chi connectivity index (χ4v) is 2.95. The van der Waals surface area contributed by atoms with Gasteiger partial charge in [-0.05, 0) is 42.9 Å². The Bertz CT molecular complexity index is 490. The number of hydrogen-bond donors (Lipinski definition) is 3. The molecule has 110 valence electrons. The van der Waals surface area contributed by atoms with Gasteiger partial charge in [-0.2, -0.15) is 0 Å². The number of carboxylic acid groups (broad SMARTS) is 1. The van der Waals surface area contributed by atoms with Crippen molar-refractivity contribution in [1.29, 1.82) is 0 Å². The maximum Gasteiger partial charge on any atom is 0.323 e. The minimum absolute atomic E-state index is 0.266. The average molecular weight is 277 g/mol. The van der Waals surface area contributed by atoms with Crippen LogP contribution < -0.4 is 5.73 Å². The van der Waals surface area contributed by atoms with Gasteiger partial charge in [0.25, 0.3) is 0 Å². The van der Waals surface area contributed by atoms with Crippen LogP contribution in [0.25, 0.3) is 0 Å². The Morgan fingerprint density at radius 2 is 2.00 bits per heavy atom. The first-order valence-electron chi connectivity index (χ1n) is 7.24. The van der Waals surface area contributed by atoms with Gasteiger partial charge in [-0.3, -0.25) is 4.79 Å². The Labute approximate surface area is 119 Å². The normalized spacial score (nSPS) is 19.5. The second kappa shape index (κ2) is 5.83. The first-order valence-corrected chi connectivity index (χ1v) is 7.24. The van der Waals surface area contributed by atoms with Crippen molar-refractivity contribution in [3.8, 4) is 5.75 Å². The van der Waals surface area contributed by atoms with E-state index < -0.39 is 11.5 Å². The lowest BCUT2D eigenvalue weighted by Crippen LogP contribution is -2.46. The molecule has 20 heavy (non-hydrogen) atoms. The number of nitrogens with two attached hydrogens (primary N) is 1. The van der Waals surface area contributed by atoms with Crippen LogP contribution in [0.2, 0.25) is 0 Å². The van der Waals surface area contributed by atoms with Crippen molar-refractivity contribution in [3.63, 3.8) is 0 Å². The Morgan fingerprint density at radius 3 is 2.60 bits per heavy atom. The van der Waals surface area contributed by atoms with E-state index >= 15 is 0 Å². The van der Waals surface area contributed by atoms with Crippen molar-refractivity contribution < 1.29 is 15.0 Å². The quantitative estimate of drug-likeness (QED) is 0.790. The second-order valence-corrected chi connectivity index (χ2v) is 6.13. The SMILES string of the molecule is C[C@](N)(Cc1ccc(O)c(C2CCCCC2)c1)C(=O)O. The average Bonchev–Trinajstić information content (AvgIpc) is 2.41. The highest BCUT2D eigenvalue weighted by Crippen LogP contribution is 2.37. The van der Waals surface area contributed by atoms with Crippen LogP contribution in [0, 0.1) is 0 Å². The molecule has 0 amide bonds. The van der Waals surface area contributed by atoms with Crippen molar-refractivity contribution in [2.24, 2.45) is 5.73 Å². The highest BCUT2D eigenvalue weighted by atomic mass is 16.4. The summed E-state index contributed by atoms with van der Waals surface area (Å²) in [5.41, 5.74) is 6.34. The molecule has 1 aromatic rings. The Hall–Kier alpha value is -1.55. The van der Waals surface area contributed by atoms with Gasteiger partial charge >= 0.3 is 5.97 Å². The molecule has 0 aliphatic heterocycles. The third-order valence-electron chi connectivity index (χ3n) is 4.20. The zero-order valence-corrected chi connectivity index (χ0v) is 11.9. The molecule has 0 bridgehead atoms. The van der Waals surface area contributed by atoms with Crippen LogP contribution in [0.1, 0.15) is 56.1 Å². The van der Waals surface area contributed by atoms with Crippen LogP contribution in [0.3, 0.4) is 0 Å². The molecule has 1 saturated carbocycles. The highest BCUT2D eigenvalue weighted by Gasteiger charge is 2.28. The van der Waals surface area contributed by atoms with Crippen molar-refractivity contribution >= 4 is 5.97 Å². The third-order valence-corrected chi connectivity index (χ3v) is 4.20. The van der Waals surface area contributed by atoms with E-state index in [0.29, 0.717) is 11.7 Å². The van der Waals surface area contributed by atoms with Gasteiger partial charge in [0, 0.05) is 6.42 Å². The van der Waals surface area contributed by atoms with E-state index in [9.17, 15) is 9.90 Å². The molecule has 1 aliphatic carbocycles. The van der Waals surface area contributed by atoms with Crippen LogP contribution >= 0.6 is 0 Å². The number of carbonyl (C=O) groups is 1. The number of aliphatic carboxylic acids is 1. The molecule has 4 N–H and O–H groups in total. The summed E-state index contributed by atoms with van der Waals surface area (Å²) in [6, 6.07) is 5.35. The van der Waals surface area contributed by atoms with Gasteiger partial charge in [-0.1, -0.05) is 31.4 Å². The lowest BCUT2D eigenvalue weighted by atomic mass is 9.82. The lowest BCUT2D eigenvalue weighted by molar-refractivity contribution is -0.142. The third kappa shape index (κ3) is 3.31. The molecule has 0 saturated heterocycles. The van der Waals surface area contributed by atoms with E-state index in [2.05, 4.69) is 0 Å². The summed E-state index contributed by atoms with van der Waals surface area (Å²) < 4.78 is 0. The van der Waals surface area contributed by atoms with Crippen molar-refractivity contribution in [3.05, 3.63) is 29.3 Å². The smallest absolute Gasteiger partial charge is 0.323 e. The largest absolute Gasteiger partial charge is 0.508 e. The van der Waals surface area contributed by atoms with Crippen LogP contribution in [-0.4, -0.2) is 21.7 Å². The van der Waals surface area contributed by atoms with E-state index in [-0.39, 0.29) is 6.42 Å². The number of carboxylic acids is 1. The minimum Gasteiger partial charge on any atom is -0.508 e. The van der Waals surface area contributed by atoms with Crippen molar-refractivity contribution in [1.82, 2.24) is 0 Å². The van der Waals surface area contributed by atoms with Gasteiger partial charge in [0.2, 0.25) is 0 Å². The predicted molar refractivity (Wildman–Crippen MR) is 77.9 cm³/mol. The van der Waals surface area contributed by atoms with Gasteiger partial charge in [0.15, 0.2) is 0 Å². The number of phenolic OH excluding ortho intramolecular Hbond substituents is 1. The van der Waals surface area contributed by atoms with Gasteiger partial charge < -0.3 is 15.9 Å². The Balaban J connectivity index is 2.22. The molecule has 1 aromatic carbocycles. The van der Waals surface area contributed by atoms with E-state index in [1.165, 1.54) is 26.2 Å². The van der Waals surface area contributed by atoms with Crippen LogP contribution in [0.5, 0.6) is 5.75 Å². The number of phenols is 1. The van der Waals surface area contributed by atoms with E-state index in [4.69, 9.17) is 10.8 Å². The van der Waals surface area contributed by atoms with Crippen LogP contribution in [0.4, 0.5) is 0 Å². The predicted octanol–water partition coefficient (Wildman–Crippen LogP) is 2.78. The van der Waals surface area contributed by atoms with E-state index in [1.807, 2.05) is 6.07 Å². The minimum atomic E-state index is -1.28. The molecule has 1 fully saturated rings. The summed E-state index contributed by atoms with van der Waals surface area (Å²) in [6.07, 6.45) is 6.10. The fourth-order valence-electron chi connectivity index (χ4n) is 2.95. The number of hydrogen-bond acceptors (Lipinski definition) is 3. The number of rotatable bonds is 4. The Kier molecular flexibility index (Phi) is 4.33. The highest BCUT2D eigenvalue weighted by molar-refractivity contribution is 5.78. The Morgan fingerprint density at radius 1 is 1.35 bits per heavy atom. The van der Waals surface area contributed by atoms with Gasteiger partial charge in [-0.25, -0.2) is 0 Å². The second-order valence-electron chi connectivity index (χ2n) is 6.13. The lowest BCUT2D eigenvalue weighted by Gasteiger charge is -2.24. The first kappa shape index (κ1) is 14.9. The molecule has 1 aliphatic rings. The van der Waals surface area contributed by atoms with Gasteiger partial charge in [0.05, 0.1) is 0 Å². The van der Waals surface area contributed by atoms with Crippen molar-refractivity contribution in [2.45, 2.75) is 56.9 Å². The van der Waals surface area contributed by atoms with Crippen LogP contribution in [-0.2, 0) is 11.2 Å². The molecule has 0 aromatic heterocycles. The van der Waals surface area contributed by atoms with E-state index in [1.54, 1.807) is 12.1 Å². The molecular formula is C16H23NO3. The summed E-state index contributed by atoms with van der Waals surface area (Å²) >= 11 is 0. The van der Waals surface area contributed by atoms with Crippen LogP contribution in [0.15, 0.2) is 18.2 Å². The molecule has 1 atom stereocenters. The molecular weight excluding hydrogens is 254 g/mol. The summed E-state index contributed by atoms with van der Waals surface area (Å²) in [4.78, 5) is 11.1. The fraction of sp³-hybridized carbons (Fsp3) is 0.562. The molecule has 0 unspecified atom stereocenters. The molecule has 0 heterocycles. The maximum absolute atomic E-state index is 11.1. The summed E-state index contributed by atoms with van der Waals surface area (Å²) in [6.45, 7) is 1.52. The first-order chi connectivity index (χ1) is 9.40. The summed E-state index contributed by atoms with van der Waals surface area (Å²) in [7, 11) is 0. The standard InChI is InChI=1S/C16H23NO3/c1-16(17,15(19)20)10-11-7-8-14(18)13(9-11)12-5-3-2-4-6-12/h7-9,12,18H,2-6,10,17H2,1H3,(H,19,20)/t16-/m0/s1. The maximum atomic E-state index is 11.1.